The lowest BCUT2D eigenvalue weighted by Gasteiger charge is -2.39. The third-order valence-electron chi connectivity index (χ3n) is 3.41. The van der Waals surface area contributed by atoms with Crippen molar-refractivity contribution < 1.29 is 0 Å². The van der Waals surface area contributed by atoms with Gasteiger partial charge in [0.25, 0.3) is 0 Å². The van der Waals surface area contributed by atoms with Gasteiger partial charge in [0.1, 0.15) is 5.54 Å². The Morgan fingerprint density at radius 1 is 1.71 bits per heavy atom. The number of nitrogens with zero attached hydrogens (tertiary/aromatic N) is 4. The number of piperidine rings is 1. The van der Waals surface area contributed by atoms with Gasteiger partial charge in [0, 0.05) is 23.9 Å². The Kier molecular flexibility index (Phi) is 5.78. The molecule has 1 heterocycles. The van der Waals surface area contributed by atoms with Gasteiger partial charge in [0.15, 0.2) is 0 Å². The number of azide groups is 1. The maximum atomic E-state index is 9.42. The van der Waals surface area contributed by atoms with E-state index in [2.05, 4.69) is 33.7 Å². The van der Waals surface area contributed by atoms with Crippen LogP contribution in [0, 0.1) is 17.2 Å². The predicted molar refractivity (Wildman–Crippen MR) is 66.2 cm³/mol. The zero-order valence-electron chi connectivity index (χ0n) is 10.3. The summed E-state index contributed by atoms with van der Waals surface area (Å²) in [5.74, 6) is 0.348. The van der Waals surface area contributed by atoms with E-state index >= 15 is 0 Å². The molecule has 1 aliphatic heterocycles. The van der Waals surface area contributed by atoms with Crippen LogP contribution < -0.4 is 10.6 Å². The Bertz CT molecular complexity index is 316. The first-order chi connectivity index (χ1) is 8.29. The summed E-state index contributed by atoms with van der Waals surface area (Å²) in [7, 11) is 0. The van der Waals surface area contributed by atoms with Gasteiger partial charge in [-0.05, 0) is 37.9 Å². The molecule has 1 aliphatic rings. The molecular formula is C11H20N6. The molecule has 2 unspecified atom stereocenters. The Morgan fingerprint density at radius 3 is 3.18 bits per heavy atom. The second kappa shape index (κ2) is 7.13. The molecule has 1 rings (SSSR count). The van der Waals surface area contributed by atoms with E-state index in [0.717, 1.165) is 38.9 Å². The maximum absolute atomic E-state index is 9.42. The normalized spacial score (nSPS) is 28.1. The topological polar surface area (TPSA) is 96.6 Å². The van der Waals surface area contributed by atoms with E-state index in [1.165, 1.54) is 0 Å². The number of nitrogens with one attached hydrogen (secondary N) is 2. The molecule has 2 atom stereocenters. The average molecular weight is 236 g/mol. The fourth-order valence-corrected chi connectivity index (χ4v) is 2.36. The SMILES string of the molecule is CCC1CNCCC1(C#N)NCCCN=[N+]=[N-]. The van der Waals surface area contributed by atoms with Crippen LogP contribution in [-0.2, 0) is 0 Å². The van der Waals surface area contributed by atoms with E-state index in [0.29, 0.717) is 12.5 Å². The van der Waals surface area contributed by atoms with Gasteiger partial charge in [-0.15, -0.1) is 0 Å². The largest absolute Gasteiger partial charge is 0.316 e. The van der Waals surface area contributed by atoms with E-state index in [1.807, 2.05) is 0 Å². The van der Waals surface area contributed by atoms with Crippen molar-refractivity contribution in [2.24, 2.45) is 11.0 Å². The molecule has 0 saturated carbocycles. The highest BCUT2D eigenvalue weighted by Gasteiger charge is 2.39. The van der Waals surface area contributed by atoms with E-state index < -0.39 is 5.54 Å². The molecule has 17 heavy (non-hydrogen) atoms. The Morgan fingerprint density at radius 2 is 2.53 bits per heavy atom. The number of rotatable bonds is 6. The highest BCUT2D eigenvalue weighted by molar-refractivity contribution is 5.13. The molecule has 0 aromatic heterocycles. The lowest BCUT2D eigenvalue weighted by molar-refractivity contribution is 0.206. The van der Waals surface area contributed by atoms with Crippen molar-refractivity contribution in [3.05, 3.63) is 10.4 Å². The van der Waals surface area contributed by atoms with E-state index in [-0.39, 0.29) is 0 Å². The average Bonchev–Trinajstić information content (AvgIpc) is 2.39. The van der Waals surface area contributed by atoms with Crippen molar-refractivity contribution in [1.29, 1.82) is 5.26 Å². The molecule has 1 fully saturated rings. The summed E-state index contributed by atoms with van der Waals surface area (Å²) < 4.78 is 0. The minimum Gasteiger partial charge on any atom is -0.316 e. The van der Waals surface area contributed by atoms with Gasteiger partial charge >= 0.3 is 0 Å². The summed E-state index contributed by atoms with van der Waals surface area (Å²) in [5, 5.41) is 19.6. The van der Waals surface area contributed by atoms with Crippen molar-refractivity contribution in [2.75, 3.05) is 26.2 Å². The van der Waals surface area contributed by atoms with Crippen molar-refractivity contribution in [2.45, 2.75) is 31.7 Å². The lowest BCUT2D eigenvalue weighted by atomic mass is 9.78. The Balaban J connectivity index is 2.49. The smallest absolute Gasteiger partial charge is 0.112 e. The molecule has 0 amide bonds. The first-order valence-corrected chi connectivity index (χ1v) is 6.17. The maximum Gasteiger partial charge on any atom is 0.112 e. The number of hydrogen-bond donors (Lipinski definition) is 2. The molecule has 6 nitrogen and oxygen atoms in total. The summed E-state index contributed by atoms with van der Waals surface area (Å²) in [4.78, 5) is 2.71. The van der Waals surface area contributed by atoms with Gasteiger partial charge in [-0.3, -0.25) is 5.32 Å². The predicted octanol–water partition coefficient (Wildman–Crippen LogP) is 1.56. The van der Waals surface area contributed by atoms with E-state index in [9.17, 15) is 5.26 Å². The molecule has 0 bridgehead atoms. The minimum atomic E-state index is -0.406. The van der Waals surface area contributed by atoms with Crippen LogP contribution in [0.1, 0.15) is 26.2 Å². The van der Waals surface area contributed by atoms with Gasteiger partial charge in [-0.2, -0.15) is 5.26 Å². The van der Waals surface area contributed by atoms with Crippen molar-refractivity contribution in [1.82, 2.24) is 10.6 Å². The third-order valence-corrected chi connectivity index (χ3v) is 3.41. The molecule has 2 N–H and O–H groups in total. The highest BCUT2D eigenvalue weighted by atomic mass is 15.1. The van der Waals surface area contributed by atoms with Gasteiger partial charge in [-0.1, -0.05) is 12.0 Å². The summed E-state index contributed by atoms with van der Waals surface area (Å²) in [6.45, 7) is 5.11. The third kappa shape index (κ3) is 3.60. The summed E-state index contributed by atoms with van der Waals surface area (Å²) >= 11 is 0. The Labute approximate surface area is 102 Å². The van der Waals surface area contributed by atoms with Gasteiger partial charge in [-0.25, -0.2) is 0 Å². The number of hydrogen-bond acceptors (Lipinski definition) is 4. The summed E-state index contributed by atoms with van der Waals surface area (Å²) in [5.41, 5.74) is 7.76. The van der Waals surface area contributed by atoms with Crippen molar-refractivity contribution in [3.63, 3.8) is 0 Å². The van der Waals surface area contributed by atoms with Gasteiger partial charge < -0.3 is 5.32 Å². The molecule has 1 saturated heterocycles. The first-order valence-electron chi connectivity index (χ1n) is 6.17. The zero-order chi connectivity index (χ0) is 12.6. The molecule has 94 valence electrons. The molecule has 0 radical (unpaired) electrons. The van der Waals surface area contributed by atoms with Gasteiger partial charge in [0.2, 0.25) is 0 Å². The molecule has 0 aromatic rings. The lowest BCUT2D eigenvalue weighted by Crippen LogP contribution is -2.58. The van der Waals surface area contributed by atoms with E-state index in [4.69, 9.17) is 5.53 Å². The fourth-order valence-electron chi connectivity index (χ4n) is 2.36. The second-order valence-corrected chi connectivity index (χ2v) is 4.38. The summed E-state index contributed by atoms with van der Waals surface area (Å²) in [6, 6.07) is 2.45. The molecule has 0 aliphatic carbocycles. The number of nitriles is 1. The van der Waals surface area contributed by atoms with Gasteiger partial charge in [0.05, 0.1) is 6.07 Å². The van der Waals surface area contributed by atoms with Crippen molar-refractivity contribution >= 4 is 0 Å². The van der Waals surface area contributed by atoms with E-state index in [1.54, 1.807) is 0 Å². The van der Waals surface area contributed by atoms with Crippen LogP contribution in [0.3, 0.4) is 0 Å². The molecular weight excluding hydrogens is 216 g/mol. The van der Waals surface area contributed by atoms with Crippen LogP contribution >= 0.6 is 0 Å². The van der Waals surface area contributed by atoms with Crippen LogP contribution in [0.15, 0.2) is 5.11 Å². The Hall–Kier alpha value is -1.28. The quantitative estimate of drug-likeness (QED) is 0.317. The van der Waals surface area contributed by atoms with Crippen LogP contribution in [0.4, 0.5) is 0 Å². The standard InChI is InChI=1S/C11H20N6/c1-2-10-8-14-7-4-11(10,9-12)15-5-3-6-16-17-13/h10,14-15H,2-8H2,1H3. The monoisotopic (exact) mass is 236 g/mol. The molecule has 0 aromatic carbocycles. The minimum absolute atomic E-state index is 0.348. The van der Waals surface area contributed by atoms with Crippen LogP contribution in [0.25, 0.3) is 10.4 Å². The van der Waals surface area contributed by atoms with Crippen molar-refractivity contribution in [3.8, 4) is 6.07 Å². The van der Waals surface area contributed by atoms with Crippen LogP contribution in [0.2, 0.25) is 0 Å². The second-order valence-electron chi connectivity index (χ2n) is 4.38. The zero-order valence-corrected chi connectivity index (χ0v) is 10.3. The highest BCUT2D eigenvalue weighted by Crippen LogP contribution is 2.26. The van der Waals surface area contributed by atoms with Crippen LogP contribution in [-0.4, -0.2) is 31.7 Å². The first kappa shape index (κ1) is 13.8. The fraction of sp³-hybridized carbons (Fsp3) is 0.909. The van der Waals surface area contributed by atoms with Crippen LogP contribution in [0.5, 0.6) is 0 Å². The molecule has 6 heteroatoms. The summed E-state index contributed by atoms with van der Waals surface area (Å²) in [6.07, 6.45) is 2.60. The molecule has 0 spiro atoms.